The lowest BCUT2D eigenvalue weighted by molar-refractivity contribution is 1.28. The number of hydrogen-bond donors (Lipinski definition) is 0. The van der Waals surface area contributed by atoms with Crippen molar-refractivity contribution >= 4 is 28.0 Å². The van der Waals surface area contributed by atoms with Crippen molar-refractivity contribution in [2.75, 3.05) is 4.90 Å². The van der Waals surface area contributed by atoms with Gasteiger partial charge in [0.1, 0.15) is 0 Å². The molecule has 4 rings (SSSR count). The average Bonchev–Trinajstić information content (AvgIpc) is 2.64. The molecular weight excluding hydrogens is 280 g/mol. The summed E-state index contributed by atoms with van der Waals surface area (Å²) >= 11 is 0. The summed E-state index contributed by atoms with van der Waals surface area (Å²) in [6.45, 7) is 0. The minimum atomic E-state index is 1.00. The molecule has 23 heavy (non-hydrogen) atoms. The maximum Gasteiger partial charge on any atom is 0.0722 e. The van der Waals surface area contributed by atoms with Crippen molar-refractivity contribution in [3.05, 3.63) is 97.2 Å². The summed E-state index contributed by atoms with van der Waals surface area (Å²) in [6, 6.07) is 31.2. The molecule has 4 aromatic rings. The number of para-hydroxylation sites is 2. The molecule has 0 spiro atoms. The third-order valence-electron chi connectivity index (χ3n) is 3.88. The molecule has 2 nitrogen and oxygen atoms in total. The fraction of sp³-hybridized carbons (Fsp3) is 0. The monoisotopic (exact) mass is 296 g/mol. The van der Waals surface area contributed by atoms with Crippen LogP contribution in [0.3, 0.4) is 0 Å². The lowest BCUT2D eigenvalue weighted by Crippen LogP contribution is -2.09. The maximum absolute atomic E-state index is 4.48. The summed E-state index contributed by atoms with van der Waals surface area (Å²) in [6.07, 6.45) is 1.83. The van der Waals surface area contributed by atoms with Gasteiger partial charge in [-0.25, -0.2) is 0 Å². The van der Waals surface area contributed by atoms with Gasteiger partial charge in [0.15, 0.2) is 0 Å². The molecule has 0 fully saturated rings. The summed E-state index contributed by atoms with van der Waals surface area (Å²) in [5.41, 5.74) is 4.37. The molecule has 2 heteroatoms. The highest BCUT2D eigenvalue weighted by Crippen LogP contribution is 2.35. The van der Waals surface area contributed by atoms with E-state index in [2.05, 4.69) is 82.7 Å². The van der Waals surface area contributed by atoms with Crippen LogP contribution in [0.5, 0.6) is 0 Å². The zero-order valence-corrected chi connectivity index (χ0v) is 12.6. The Kier molecular flexibility index (Phi) is 3.49. The van der Waals surface area contributed by atoms with E-state index in [-0.39, 0.29) is 0 Å². The molecule has 0 atom stereocenters. The van der Waals surface area contributed by atoms with Crippen molar-refractivity contribution in [2.24, 2.45) is 0 Å². The number of anilines is 3. The summed E-state index contributed by atoms with van der Waals surface area (Å²) < 4.78 is 0. The SMILES string of the molecule is c1ccc(N(c2ccccc2)c2ccc3cccnc3c2)cc1. The van der Waals surface area contributed by atoms with Gasteiger partial charge in [-0.1, -0.05) is 48.5 Å². The third-order valence-corrected chi connectivity index (χ3v) is 3.88. The Morgan fingerprint density at radius 2 is 1.22 bits per heavy atom. The van der Waals surface area contributed by atoms with Gasteiger partial charge in [-0.15, -0.1) is 0 Å². The molecule has 0 aliphatic carbocycles. The summed E-state index contributed by atoms with van der Waals surface area (Å²) in [7, 11) is 0. The van der Waals surface area contributed by atoms with Crippen LogP contribution in [-0.2, 0) is 0 Å². The number of aromatic nitrogens is 1. The number of pyridine rings is 1. The Balaban J connectivity index is 1.90. The van der Waals surface area contributed by atoms with Crippen LogP contribution in [-0.4, -0.2) is 4.98 Å². The first-order valence-corrected chi connectivity index (χ1v) is 7.67. The van der Waals surface area contributed by atoms with Crippen LogP contribution in [0, 0.1) is 0 Å². The fourth-order valence-corrected chi connectivity index (χ4v) is 2.80. The Hall–Kier alpha value is -3.13. The van der Waals surface area contributed by atoms with E-state index in [4.69, 9.17) is 0 Å². The topological polar surface area (TPSA) is 16.1 Å². The zero-order valence-electron chi connectivity index (χ0n) is 12.6. The second-order valence-corrected chi connectivity index (χ2v) is 5.39. The summed E-state index contributed by atoms with van der Waals surface area (Å²) in [5.74, 6) is 0. The van der Waals surface area contributed by atoms with Crippen molar-refractivity contribution in [1.29, 1.82) is 0 Å². The van der Waals surface area contributed by atoms with E-state index in [1.807, 2.05) is 24.4 Å². The van der Waals surface area contributed by atoms with E-state index in [9.17, 15) is 0 Å². The highest BCUT2D eigenvalue weighted by molar-refractivity contribution is 5.86. The van der Waals surface area contributed by atoms with Crippen LogP contribution in [0.25, 0.3) is 10.9 Å². The van der Waals surface area contributed by atoms with E-state index in [0.717, 1.165) is 28.0 Å². The lowest BCUT2D eigenvalue weighted by atomic mass is 10.1. The highest BCUT2D eigenvalue weighted by Gasteiger charge is 2.12. The second-order valence-electron chi connectivity index (χ2n) is 5.39. The Morgan fingerprint density at radius 3 is 1.87 bits per heavy atom. The highest BCUT2D eigenvalue weighted by atomic mass is 15.1. The van der Waals surface area contributed by atoms with Gasteiger partial charge in [0.05, 0.1) is 5.52 Å². The van der Waals surface area contributed by atoms with Crippen LogP contribution in [0.4, 0.5) is 17.1 Å². The molecule has 3 aromatic carbocycles. The van der Waals surface area contributed by atoms with Crippen molar-refractivity contribution in [3.63, 3.8) is 0 Å². The van der Waals surface area contributed by atoms with Crippen LogP contribution < -0.4 is 4.90 Å². The Labute approximate surface area is 135 Å². The largest absolute Gasteiger partial charge is 0.310 e. The molecule has 0 bridgehead atoms. The van der Waals surface area contributed by atoms with E-state index < -0.39 is 0 Å². The van der Waals surface area contributed by atoms with Gasteiger partial charge < -0.3 is 4.90 Å². The number of benzene rings is 3. The van der Waals surface area contributed by atoms with Gasteiger partial charge in [0.25, 0.3) is 0 Å². The van der Waals surface area contributed by atoms with Crippen molar-refractivity contribution in [2.45, 2.75) is 0 Å². The predicted octanol–water partition coefficient (Wildman–Crippen LogP) is 5.70. The Morgan fingerprint density at radius 1 is 0.565 bits per heavy atom. The lowest BCUT2D eigenvalue weighted by Gasteiger charge is -2.25. The fourth-order valence-electron chi connectivity index (χ4n) is 2.80. The Bertz CT molecular complexity index is 878. The van der Waals surface area contributed by atoms with Crippen molar-refractivity contribution in [3.8, 4) is 0 Å². The molecule has 0 amide bonds. The first kappa shape index (κ1) is 13.5. The normalized spacial score (nSPS) is 10.6. The number of rotatable bonds is 3. The molecule has 0 aliphatic rings. The third kappa shape index (κ3) is 2.67. The molecule has 0 radical (unpaired) electrons. The van der Waals surface area contributed by atoms with Gasteiger partial charge in [-0.2, -0.15) is 0 Å². The van der Waals surface area contributed by atoms with Crippen LogP contribution >= 0.6 is 0 Å². The first-order chi connectivity index (χ1) is 11.4. The van der Waals surface area contributed by atoms with Crippen LogP contribution in [0.1, 0.15) is 0 Å². The van der Waals surface area contributed by atoms with Crippen LogP contribution in [0.15, 0.2) is 97.2 Å². The van der Waals surface area contributed by atoms with E-state index >= 15 is 0 Å². The molecule has 0 unspecified atom stereocenters. The average molecular weight is 296 g/mol. The zero-order chi connectivity index (χ0) is 15.5. The van der Waals surface area contributed by atoms with Gasteiger partial charge in [0.2, 0.25) is 0 Å². The van der Waals surface area contributed by atoms with Gasteiger partial charge >= 0.3 is 0 Å². The van der Waals surface area contributed by atoms with E-state index in [0.29, 0.717) is 0 Å². The van der Waals surface area contributed by atoms with Crippen molar-refractivity contribution in [1.82, 2.24) is 4.98 Å². The first-order valence-electron chi connectivity index (χ1n) is 7.67. The molecule has 1 heterocycles. The minimum Gasteiger partial charge on any atom is -0.310 e. The molecular formula is C21H16N2. The molecule has 1 aromatic heterocycles. The predicted molar refractivity (Wildman–Crippen MR) is 96.4 cm³/mol. The number of hydrogen-bond acceptors (Lipinski definition) is 2. The second kappa shape index (κ2) is 5.93. The van der Waals surface area contributed by atoms with E-state index in [1.54, 1.807) is 0 Å². The number of fused-ring (bicyclic) bond motifs is 1. The smallest absolute Gasteiger partial charge is 0.0722 e. The molecule has 0 aliphatic heterocycles. The quantitative estimate of drug-likeness (QED) is 0.482. The molecule has 0 saturated carbocycles. The van der Waals surface area contributed by atoms with Gasteiger partial charge in [-0.3, -0.25) is 4.98 Å². The maximum atomic E-state index is 4.48. The summed E-state index contributed by atoms with van der Waals surface area (Å²) in [4.78, 5) is 6.73. The van der Waals surface area contributed by atoms with Gasteiger partial charge in [0, 0.05) is 28.6 Å². The minimum absolute atomic E-state index is 1.00. The molecule has 110 valence electrons. The van der Waals surface area contributed by atoms with Crippen molar-refractivity contribution < 1.29 is 0 Å². The van der Waals surface area contributed by atoms with E-state index in [1.165, 1.54) is 0 Å². The van der Waals surface area contributed by atoms with Crippen LogP contribution in [0.2, 0.25) is 0 Å². The summed E-state index contributed by atoms with van der Waals surface area (Å²) in [5, 5.41) is 1.15. The standard InChI is InChI=1S/C21H16N2/c1-3-9-18(10-4-1)23(19-11-5-2-6-12-19)20-14-13-17-8-7-15-22-21(17)16-20/h1-16H. The molecule has 0 N–H and O–H groups in total. The van der Waals surface area contributed by atoms with Gasteiger partial charge in [-0.05, 0) is 42.5 Å². The number of nitrogens with zero attached hydrogens (tertiary/aromatic N) is 2. The molecule has 0 saturated heterocycles.